The molecule has 0 aromatic heterocycles. The molecule has 134 valence electrons. The fourth-order valence-corrected chi connectivity index (χ4v) is 3.18. The second-order valence-electron chi connectivity index (χ2n) is 5.57. The van der Waals surface area contributed by atoms with Crippen LogP contribution in [-0.4, -0.2) is 25.1 Å². The van der Waals surface area contributed by atoms with Crippen molar-refractivity contribution in [2.45, 2.75) is 11.4 Å². The number of nitrogens with zero attached hydrogens (tertiary/aromatic N) is 1. The number of carbonyl (C=O) groups excluding carboxylic acids is 2. The Kier molecular flexibility index (Phi) is 4.82. The minimum absolute atomic E-state index is 0.0593. The highest BCUT2D eigenvalue weighted by Crippen LogP contribution is 2.27. The van der Waals surface area contributed by atoms with Gasteiger partial charge in [0.15, 0.2) is 0 Å². The lowest BCUT2D eigenvalue weighted by molar-refractivity contribution is -0.138. The van der Waals surface area contributed by atoms with E-state index in [2.05, 4.69) is 5.32 Å². The molecule has 0 unspecified atom stereocenters. The minimum Gasteiger partial charge on any atom is -0.350 e. The summed E-state index contributed by atoms with van der Waals surface area (Å²) in [7, 11) is -3.82. The number of halogens is 1. The molecule has 26 heavy (non-hydrogen) atoms. The zero-order valence-electron chi connectivity index (χ0n) is 13.3. The maximum Gasteiger partial charge on any atom is 0.279 e. The van der Waals surface area contributed by atoms with Gasteiger partial charge in [-0.25, -0.2) is 13.6 Å². The molecule has 3 rings (SSSR count). The van der Waals surface area contributed by atoms with Crippen molar-refractivity contribution in [2.75, 3.05) is 5.32 Å². The number of nitrogens with two attached hydrogens (primary N) is 1. The van der Waals surface area contributed by atoms with Gasteiger partial charge in [-0.3, -0.25) is 14.5 Å². The standard InChI is InChI=1S/C17H14ClN3O4S/c18-14-15(20-12-6-8-13(9-7-12)26(19,24)25)17(23)21(16(14)22)10-11-4-2-1-3-5-11/h1-9,20H,10H2,(H2,19,24,25). The summed E-state index contributed by atoms with van der Waals surface area (Å²) in [6.45, 7) is 0.101. The maximum atomic E-state index is 12.5. The van der Waals surface area contributed by atoms with Crippen LogP contribution in [0.3, 0.4) is 0 Å². The summed E-state index contributed by atoms with van der Waals surface area (Å²) < 4.78 is 22.5. The third-order valence-corrected chi connectivity index (χ3v) is 5.03. The van der Waals surface area contributed by atoms with Crippen molar-refractivity contribution >= 4 is 39.1 Å². The van der Waals surface area contributed by atoms with E-state index >= 15 is 0 Å². The van der Waals surface area contributed by atoms with Crippen molar-refractivity contribution < 1.29 is 18.0 Å². The fourth-order valence-electron chi connectivity index (χ4n) is 2.44. The average Bonchev–Trinajstić information content (AvgIpc) is 2.80. The van der Waals surface area contributed by atoms with Gasteiger partial charge in [0.1, 0.15) is 10.7 Å². The maximum absolute atomic E-state index is 12.5. The Morgan fingerprint density at radius 1 is 0.962 bits per heavy atom. The molecule has 0 bridgehead atoms. The second-order valence-corrected chi connectivity index (χ2v) is 7.50. The topological polar surface area (TPSA) is 110 Å². The molecule has 2 aromatic carbocycles. The lowest BCUT2D eigenvalue weighted by Crippen LogP contribution is -2.31. The highest BCUT2D eigenvalue weighted by atomic mass is 35.5. The van der Waals surface area contributed by atoms with E-state index in [1.54, 1.807) is 12.1 Å². The second kappa shape index (κ2) is 6.91. The molecule has 3 N–H and O–H groups in total. The third-order valence-electron chi connectivity index (χ3n) is 3.75. The van der Waals surface area contributed by atoms with Gasteiger partial charge in [0.2, 0.25) is 10.0 Å². The Morgan fingerprint density at radius 3 is 2.15 bits per heavy atom. The number of primary sulfonamides is 1. The summed E-state index contributed by atoms with van der Waals surface area (Å²) in [6, 6.07) is 14.5. The fraction of sp³-hybridized carbons (Fsp3) is 0.0588. The number of anilines is 1. The van der Waals surface area contributed by atoms with Crippen LogP contribution >= 0.6 is 11.6 Å². The molecule has 2 aromatic rings. The van der Waals surface area contributed by atoms with E-state index in [4.69, 9.17) is 16.7 Å². The lowest BCUT2D eigenvalue weighted by atomic mass is 10.2. The van der Waals surface area contributed by atoms with Crippen LogP contribution in [0.15, 0.2) is 70.2 Å². The SMILES string of the molecule is NS(=O)(=O)c1ccc(NC2=C(Cl)C(=O)N(Cc3ccccc3)C2=O)cc1. The Labute approximate surface area is 155 Å². The summed E-state index contributed by atoms with van der Waals surface area (Å²) in [6.07, 6.45) is 0. The van der Waals surface area contributed by atoms with E-state index in [0.717, 1.165) is 10.5 Å². The molecule has 0 aliphatic carbocycles. The average molecular weight is 392 g/mol. The predicted molar refractivity (Wildman–Crippen MR) is 96.3 cm³/mol. The van der Waals surface area contributed by atoms with Crippen LogP contribution in [-0.2, 0) is 26.2 Å². The van der Waals surface area contributed by atoms with E-state index in [1.807, 2.05) is 18.2 Å². The van der Waals surface area contributed by atoms with Crippen molar-refractivity contribution in [1.82, 2.24) is 4.90 Å². The first kappa shape index (κ1) is 18.1. The first-order chi connectivity index (χ1) is 12.3. The van der Waals surface area contributed by atoms with Crippen LogP contribution in [0.25, 0.3) is 0 Å². The van der Waals surface area contributed by atoms with Gasteiger partial charge in [-0.2, -0.15) is 0 Å². The quantitative estimate of drug-likeness (QED) is 0.755. The van der Waals surface area contributed by atoms with Crippen LogP contribution < -0.4 is 10.5 Å². The number of nitrogens with one attached hydrogen (secondary N) is 1. The molecular formula is C17H14ClN3O4S. The number of hydrogen-bond acceptors (Lipinski definition) is 5. The third kappa shape index (κ3) is 3.62. The van der Waals surface area contributed by atoms with Gasteiger partial charge in [-0.05, 0) is 29.8 Å². The normalized spacial score (nSPS) is 14.9. The molecular weight excluding hydrogens is 378 g/mol. The van der Waals surface area contributed by atoms with Gasteiger partial charge in [0.25, 0.3) is 11.8 Å². The minimum atomic E-state index is -3.82. The van der Waals surface area contributed by atoms with Crippen LogP contribution in [0.2, 0.25) is 0 Å². The molecule has 2 amide bonds. The van der Waals surface area contributed by atoms with Crippen molar-refractivity contribution in [3.8, 4) is 0 Å². The lowest BCUT2D eigenvalue weighted by Gasteiger charge is -2.15. The van der Waals surface area contributed by atoms with Crippen LogP contribution in [0.4, 0.5) is 5.69 Å². The smallest absolute Gasteiger partial charge is 0.279 e. The van der Waals surface area contributed by atoms with E-state index in [1.165, 1.54) is 24.3 Å². The van der Waals surface area contributed by atoms with E-state index < -0.39 is 21.8 Å². The number of amides is 2. The zero-order valence-corrected chi connectivity index (χ0v) is 14.9. The molecule has 0 atom stereocenters. The molecule has 1 aliphatic heterocycles. The summed E-state index contributed by atoms with van der Waals surface area (Å²) in [5.74, 6) is -1.15. The van der Waals surface area contributed by atoms with Crippen molar-refractivity contribution in [2.24, 2.45) is 5.14 Å². The summed E-state index contributed by atoms with van der Waals surface area (Å²) in [4.78, 5) is 25.8. The number of sulfonamides is 1. The van der Waals surface area contributed by atoms with Gasteiger partial charge in [-0.1, -0.05) is 41.9 Å². The zero-order chi connectivity index (χ0) is 18.9. The van der Waals surface area contributed by atoms with Gasteiger partial charge >= 0.3 is 0 Å². The number of benzene rings is 2. The predicted octanol–water partition coefficient (Wildman–Crippen LogP) is 1.77. The summed E-state index contributed by atoms with van der Waals surface area (Å²) >= 11 is 6.03. The Morgan fingerprint density at radius 2 is 1.58 bits per heavy atom. The van der Waals surface area contributed by atoms with Crippen LogP contribution in [0.5, 0.6) is 0 Å². The number of carbonyl (C=O) groups is 2. The van der Waals surface area contributed by atoms with Crippen LogP contribution in [0.1, 0.15) is 5.56 Å². The van der Waals surface area contributed by atoms with E-state index in [-0.39, 0.29) is 22.2 Å². The Balaban J connectivity index is 1.80. The largest absolute Gasteiger partial charge is 0.350 e. The van der Waals surface area contributed by atoms with Gasteiger partial charge < -0.3 is 5.32 Å². The molecule has 1 heterocycles. The van der Waals surface area contributed by atoms with Gasteiger partial charge in [0.05, 0.1) is 11.4 Å². The Bertz CT molecular complexity index is 1000. The number of rotatable bonds is 5. The molecule has 0 fully saturated rings. The van der Waals surface area contributed by atoms with Gasteiger partial charge in [0, 0.05) is 5.69 Å². The number of hydrogen-bond donors (Lipinski definition) is 2. The molecule has 7 nitrogen and oxygen atoms in total. The first-order valence-electron chi connectivity index (χ1n) is 7.47. The first-order valence-corrected chi connectivity index (χ1v) is 9.39. The van der Waals surface area contributed by atoms with E-state index in [9.17, 15) is 18.0 Å². The number of imide groups is 1. The van der Waals surface area contributed by atoms with Crippen molar-refractivity contribution in [3.05, 3.63) is 70.9 Å². The summed E-state index contributed by atoms with van der Waals surface area (Å²) in [5.41, 5.74) is 1.13. The summed E-state index contributed by atoms with van der Waals surface area (Å²) in [5, 5.41) is 7.58. The Hall–Kier alpha value is -2.68. The van der Waals surface area contributed by atoms with Crippen molar-refractivity contribution in [3.63, 3.8) is 0 Å². The molecule has 0 spiro atoms. The molecule has 0 saturated heterocycles. The highest BCUT2D eigenvalue weighted by Gasteiger charge is 2.37. The van der Waals surface area contributed by atoms with Crippen LogP contribution in [0, 0.1) is 0 Å². The molecule has 0 radical (unpaired) electrons. The molecule has 9 heteroatoms. The monoisotopic (exact) mass is 391 g/mol. The van der Waals surface area contributed by atoms with E-state index in [0.29, 0.717) is 5.69 Å². The van der Waals surface area contributed by atoms with Gasteiger partial charge in [-0.15, -0.1) is 0 Å². The highest BCUT2D eigenvalue weighted by molar-refractivity contribution is 7.89. The molecule has 0 saturated carbocycles. The van der Waals surface area contributed by atoms with Crippen molar-refractivity contribution in [1.29, 1.82) is 0 Å². The molecule has 1 aliphatic rings.